The molecule has 9 heteroatoms. The molecule has 3 aromatic rings. The maximum atomic E-state index is 12.9. The minimum Gasteiger partial charge on any atom is -0.318 e. The lowest BCUT2D eigenvalue weighted by Gasteiger charge is -2.17. The van der Waals surface area contributed by atoms with Gasteiger partial charge in [0.15, 0.2) is 5.16 Å². The Labute approximate surface area is 157 Å². The van der Waals surface area contributed by atoms with E-state index in [2.05, 4.69) is 9.97 Å². The van der Waals surface area contributed by atoms with Crippen molar-refractivity contribution in [1.29, 1.82) is 0 Å². The molecule has 27 heavy (non-hydrogen) atoms. The number of hydrogen-bond acceptors (Lipinski definition) is 4. The lowest BCUT2D eigenvalue weighted by atomic mass is 10.2. The van der Waals surface area contributed by atoms with Gasteiger partial charge in [0.2, 0.25) is 0 Å². The fourth-order valence-electron chi connectivity index (χ4n) is 2.37. The first-order valence-electron chi connectivity index (χ1n) is 7.82. The normalized spacial score (nSPS) is 11.4. The smallest absolute Gasteiger partial charge is 0.318 e. The quantitative estimate of drug-likeness (QED) is 0.666. The molecule has 0 radical (unpaired) electrons. The highest BCUT2D eigenvalue weighted by Gasteiger charge is 2.30. The van der Waals surface area contributed by atoms with Gasteiger partial charge in [0, 0.05) is 25.2 Å². The number of imidazole rings is 1. The summed E-state index contributed by atoms with van der Waals surface area (Å²) in [7, 11) is 3.26. The number of aromatic nitrogens is 3. The van der Waals surface area contributed by atoms with Gasteiger partial charge in [0.25, 0.3) is 5.91 Å². The molecule has 0 fully saturated rings. The Bertz CT molecular complexity index is 957. The third kappa shape index (κ3) is 4.13. The predicted molar refractivity (Wildman–Crippen MR) is 95.7 cm³/mol. The molecule has 0 bridgehead atoms. The zero-order valence-electron chi connectivity index (χ0n) is 14.4. The largest absolute Gasteiger partial charge is 0.416 e. The van der Waals surface area contributed by atoms with Crippen LogP contribution in [0.25, 0.3) is 0 Å². The second-order valence-electron chi connectivity index (χ2n) is 5.69. The zero-order valence-corrected chi connectivity index (χ0v) is 15.3. The number of benzene rings is 1. The standard InChI is InChI=1S/C18H15F3N4OS/c1-24(13-6-4-8-22-10-13)16(26)15-11-23-17(25(15)2)27-14-7-3-5-12(9-14)18(19,20)21/h3-11H,1-2H3. The Kier molecular flexibility index (Phi) is 5.22. The number of rotatable bonds is 4. The summed E-state index contributed by atoms with van der Waals surface area (Å²) in [6.45, 7) is 0. The number of alkyl halides is 3. The van der Waals surface area contributed by atoms with E-state index in [1.165, 1.54) is 17.2 Å². The summed E-state index contributed by atoms with van der Waals surface area (Å²) in [5.41, 5.74) is 0.209. The lowest BCUT2D eigenvalue weighted by Crippen LogP contribution is -2.28. The summed E-state index contributed by atoms with van der Waals surface area (Å²) in [5.74, 6) is -0.297. The van der Waals surface area contributed by atoms with Gasteiger partial charge in [-0.15, -0.1) is 0 Å². The number of anilines is 1. The van der Waals surface area contributed by atoms with Crippen LogP contribution in [0.2, 0.25) is 0 Å². The van der Waals surface area contributed by atoms with Gasteiger partial charge in [-0.25, -0.2) is 4.98 Å². The molecule has 0 saturated carbocycles. The molecule has 1 amide bonds. The molecule has 1 aromatic carbocycles. The number of halogens is 3. The van der Waals surface area contributed by atoms with Crippen LogP contribution in [0.3, 0.4) is 0 Å². The fraction of sp³-hybridized carbons (Fsp3) is 0.167. The summed E-state index contributed by atoms with van der Waals surface area (Å²) in [6.07, 6.45) is 0.166. The Hall–Kier alpha value is -2.81. The number of carbonyl (C=O) groups excluding carboxylic acids is 1. The van der Waals surface area contributed by atoms with E-state index in [4.69, 9.17) is 0 Å². The van der Waals surface area contributed by atoms with Gasteiger partial charge in [0.05, 0.1) is 23.6 Å². The molecular formula is C18H15F3N4OS. The van der Waals surface area contributed by atoms with E-state index in [0.29, 0.717) is 21.4 Å². The van der Waals surface area contributed by atoms with Crippen molar-refractivity contribution >= 4 is 23.4 Å². The number of amides is 1. The molecule has 140 valence electrons. The van der Waals surface area contributed by atoms with Crippen molar-refractivity contribution in [3.63, 3.8) is 0 Å². The van der Waals surface area contributed by atoms with Crippen LogP contribution in [0.5, 0.6) is 0 Å². The fourth-order valence-corrected chi connectivity index (χ4v) is 3.25. The van der Waals surface area contributed by atoms with Gasteiger partial charge in [-0.3, -0.25) is 9.78 Å². The highest BCUT2D eigenvalue weighted by atomic mass is 32.2. The molecule has 5 nitrogen and oxygen atoms in total. The van der Waals surface area contributed by atoms with Gasteiger partial charge < -0.3 is 9.47 Å². The molecule has 0 aliphatic carbocycles. The lowest BCUT2D eigenvalue weighted by molar-refractivity contribution is -0.137. The second kappa shape index (κ2) is 7.43. The Balaban J connectivity index is 1.83. The highest BCUT2D eigenvalue weighted by Crippen LogP contribution is 2.34. The van der Waals surface area contributed by atoms with E-state index in [9.17, 15) is 18.0 Å². The molecule has 0 saturated heterocycles. The van der Waals surface area contributed by atoms with Crippen LogP contribution in [0, 0.1) is 0 Å². The molecule has 0 atom stereocenters. The monoisotopic (exact) mass is 392 g/mol. The van der Waals surface area contributed by atoms with Crippen molar-refractivity contribution in [2.24, 2.45) is 7.05 Å². The maximum absolute atomic E-state index is 12.9. The van der Waals surface area contributed by atoms with Gasteiger partial charge in [-0.05, 0) is 30.3 Å². The van der Waals surface area contributed by atoms with Crippen LogP contribution < -0.4 is 4.90 Å². The topological polar surface area (TPSA) is 51.0 Å². The van der Waals surface area contributed by atoms with Crippen molar-refractivity contribution in [2.75, 3.05) is 11.9 Å². The van der Waals surface area contributed by atoms with Crippen molar-refractivity contribution in [1.82, 2.24) is 14.5 Å². The van der Waals surface area contributed by atoms with Crippen molar-refractivity contribution < 1.29 is 18.0 Å². The summed E-state index contributed by atoms with van der Waals surface area (Å²) >= 11 is 1.06. The number of carbonyl (C=O) groups is 1. The van der Waals surface area contributed by atoms with Crippen LogP contribution in [0.1, 0.15) is 16.1 Å². The summed E-state index contributed by atoms with van der Waals surface area (Å²) in [6, 6.07) is 8.45. The average Bonchev–Trinajstić information content (AvgIpc) is 3.01. The van der Waals surface area contributed by atoms with Crippen LogP contribution in [0.4, 0.5) is 18.9 Å². The van der Waals surface area contributed by atoms with Gasteiger partial charge >= 0.3 is 6.18 Å². The first-order valence-corrected chi connectivity index (χ1v) is 8.64. The number of hydrogen-bond donors (Lipinski definition) is 0. The van der Waals surface area contributed by atoms with Crippen molar-refractivity contribution in [3.8, 4) is 0 Å². The first-order chi connectivity index (χ1) is 12.8. The molecule has 0 aliphatic rings. The SMILES string of the molecule is CN(C(=O)c1cnc(Sc2cccc(C(F)(F)F)c2)n1C)c1cccnc1. The maximum Gasteiger partial charge on any atom is 0.416 e. The zero-order chi connectivity index (χ0) is 19.6. The molecule has 2 heterocycles. The first kappa shape index (κ1) is 19.0. The van der Waals surface area contributed by atoms with Gasteiger partial charge in [-0.1, -0.05) is 17.8 Å². The Morgan fingerprint density at radius 1 is 1.19 bits per heavy atom. The van der Waals surface area contributed by atoms with Crippen LogP contribution in [-0.2, 0) is 13.2 Å². The predicted octanol–water partition coefficient (Wildman–Crippen LogP) is 4.26. The summed E-state index contributed by atoms with van der Waals surface area (Å²) in [4.78, 5) is 22.7. The average molecular weight is 392 g/mol. The Morgan fingerprint density at radius 3 is 2.63 bits per heavy atom. The minimum atomic E-state index is -4.41. The highest BCUT2D eigenvalue weighted by molar-refractivity contribution is 7.99. The molecule has 0 aliphatic heterocycles. The number of pyridine rings is 1. The van der Waals surface area contributed by atoms with E-state index in [1.54, 1.807) is 49.3 Å². The van der Waals surface area contributed by atoms with E-state index in [-0.39, 0.29) is 5.91 Å². The van der Waals surface area contributed by atoms with Crippen molar-refractivity contribution in [3.05, 3.63) is 66.2 Å². The summed E-state index contributed by atoms with van der Waals surface area (Å²) < 4.78 is 40.1. The van der Waals surface area contributed by atoms with E-state index < -0.39 is 11.7 Å². The van der Waals surface area contributed by atoms with E-state index in [0.717, 1.165) is 23.9 Å². The third-order valence-electron chi connectivity index (χ3n) is 3.87. The van der Waals surface area contributed by atoms with Gasteiger partial charge in [0.1, 0.15) is 5.69 Å². The molecule has 0 spiro atoms. The molecule has 0 unspecified atom stereocenters. The van der Waals surface area contributed by atoms with Crippen LogP contribution >= 0.6 is 11.8 Å². The number of nitrogens with zero attached hydrogens (tertiary/aromatic N) is 4. The molecule has 2 aromatic heterocycles. The molecule has 0 N–H and O–H groups in total. The molecule has 3 rings (SSSR count). The van der Waals surface area contributed by atoms with E-state index >= 15 is 0 Å². The van der Waals surface area contributed by atoms with E-state index in [1.807, 2.05) is 0 Å². The minimum absolute atomic E-state index is 0.297. The molecular weight excluding hydrogens is 377 g/mol. The Morgan fingerprint density at radius 2 is 1.96 bits per heavy atom. The van der Waals surface area contributed by atoms with Crippen LogP contribution in [-0.4, -0.2) is 27.5 Å². The summed E-state index contributed by atoms with van der Waals surface area (Å²) in [5, 5.41) is 0.414. The second-order valence-corrected chi connectivity index (χ2v) is 6.73. The van der Waals surface area contributed by atoms with Crippen molar-refractivity contribution in [2.45, 2.75) is 16.2 Å². The van der Waals surface area contributed by atoms with Gasteiger partial charge in [-0.2, -0.15) is 13.2 Å². The third-order valence-corrected chi connectivity index (χ3v) is 4.92. The van der Waals surface area contributed by atoms with Crippen LogP contribution in [0.15, 0.2) is 65.0 Å².